The van der Waals surface area contributed by atoms with Crippen LogP contribution in [0.3, 0.4) is 0 Å². The number of halogens is 1. The highest BCUT2D eigenvalue weighted by atomic mass is 79.9. The van der Waals surface area contributed by atoms with Crippen LogP contribution in [0.5, 0.6) is 5.75 Å². The van der Waals surface area contributed by atoms with Gasteiger partial charge in [-0.25, -0.2) is 0 Å². The summed E-state index contributed by atoms with van der Waals surface area (Å²) in [5.41, 5.74) is 3.53. The smallest absolute Gasteiger partial charge is 0.224 e. The predicted molar refractivity (Wildman–Crippen MR) is 121 cm³/mol. The van der Waals surface area contributed by atoms with E-state index in [9.17, 15) is 4.79 Å². The molecule has 0 aliphatic rings. The molecule has 0 radical (unpaired) electrons. The average molecular weight is 446 g/mol. The van der Waals surface area contributed by atoms with Gasteiger partial charge in [-0.1, -0.05) is 52.3 Å². The van der Waals surface area contributed by atoms with E-state index >= 15 is 0 Å². The highest BCUT2D eigenvalue weighted by molar-refractivity contribution is 9.10. The van der Waals surface area contributed by atoms with E-state index in [0.717, 1.165) is 22.3 Å². The van der Waals surface area contributed by atoms with Crippen LogP contribution in [0.1, 0.15) is 64.5 Å². The summed E-state index contributed by atoms with van der Waals surface area (Å²) >= 11 is 3.56. The van der Waals surface area contributed by atoms with Crippen molar-refractivity contribution in [2.45, 2.75) is 65.2 Å². The fourth-order valence-electron chi connectivity index (χ4n) is 2.88. The van der Waals surface area contributed by atoms with Gasteiger partial charge in [0.25, 0.3) is 0 Å². The maximum atomic E-state index is 12.2. The third-order valence-electron chi connectivity index (χ3n) is 4.66. The van der Waals surface area contributed by atoms with Gasteiger partial charge in [0, 0.05) is 10.9 Å². The van der Waals surface area contributed by atoms with Gasteiger partial charge in [-0.05, 0) is 76.0 Å². The van der Waals surface area contributed by atoms with E-state index in [1.54, 1.807) is 0 Å². The van der Waals surface area contributed by atoms with Gasteiger partial charge in [-0.2, -0.15) is 0 Å². The van der Waals surface area contributed by atoms with Crippen LogP contribution < -0.4 is 10.1 Å². The third-order valence-corrected chi connectivity index (χ3v) is 5.32. The summed E-state index contributed by atoms with van der Waals surface area (Å²) < 4.78 is 6.70. The Labute approximate surface area is 178 Å². The first-order valence-electron chi connectivity index (χ1n) is 10.1. The van der Waals surface area contributed by atoms with Crippen LogP contribution in [0, 0.1) is 0 Å². The molecule has 0 aliphatic heterocycles. The topological polar surface area (TPSA) is 38.3 Å². The lowest BCUT2D eigenvalue weighted by Gasteiger charge is -2.19. The summed E-state index contributed by atoms with van der Waals surface area (Å²) in [7, 11) is 0. The molecule has 0 aromatic heterocycles. The van der Waals surface area contributed by atoms with Gasteiger partial charge in [0.15, 0.2) is 0 Å². The van der Waals surface area contributed by atoms with Gasteiger partial charge >= 0.3 is 0 Å². The second-order valence-electron chi connectivity index (χ2n) is 8.19. The molecule has 4 heteroatoms. The zero-order chi connectivity index (χ0) is 20.6. The van der Waals surface area contributed by atoms with Crippen LogP contribution in [-0.2, 0) is 16.6 Å². The minimum absolute atomic E-state index is 0.00805. The number of rotatable bonds is 9. The molecule has 0 fully saturated rings. The summed E-state index contributed by atoms with van der Waals surface area (Å²) in [4.78, 5) is 12.2. The molecule has 0 aliphatic carbocycles. The third kappa shape index (κ3) is 7.31. The van der Waals surface area contributed by atoms with E-state index in [1.165, 1.54) is 24.0 Å². The maximum absolute atomic E-state index is 12.2. The Bertz CT molecular complexity index is 763. The minimum Gasteiger partial charge on any atom is -0.494 e. The molecule has 0 bridgehead atoms. The number of unbranched alkanes of at least 4 members (excludes halogenated alkanes) is 1. The van der Waals surface area contributed by atoms with Gasteiger partial charge in [-0.3, -0.25) is 4.79 Å². The number of carbonyl (C=O) groups is 1. The number of carbonyl (C=O) groups excluding carboxylic acids is 1. The molecule has 3 nitrogen and oxygen atoms in total. The summed E-state index contributed by atoms with van der Waals surface area (Å²) in [5, 5.41) is 2.97. The molecular formula is C24H32BrNO2. The van der Waals surface area contributed by atoms with Crippen molar-refractivity contribution in [1.82, 2.24) is 0 Å². The summed E-state index contributed by atoms with van der Waals surface area (Å²) in [6.45, 7) is 9.30. The molecule has 0 saturated carbocycles. The standard InChI is InChI=1S/C24H32BrNO2/c1-5-6-8-18-10-15-22(21(25)17-18)26-23(27)9-7-16-28-20-13-11-19(12-14-20)24(2,3)4/h10-15,17H,5-9,16H2,1-4H3,(H,26,27). The number of hydrogen-bond acceptors (Lipinski definition) is 2. The van der Waals surface area contributed by atoms with Crippen molar-refractivity contribution in [3.8, 4) is 5.75 Å². The maximum Gasteiger partial charge on any atom is 0.224 e. The van der Waals surface area contributed by atoms with Crippen LogP contribution in [0.4, 0.5) is 5.69 Å². The van der Waals surface area contributed by atoms with Gasteiger partial charge in [0.2, 0.25) is 5.91 Å². The number of benzene rings is 2. The second-order valence-corrected chi connectivity index (χ2v) is 9.05. The molecular weight excluding hydrogens is 414 g/mol. The number of amides is 1. The first-order chi connectivity index (χ1) is 13.3. The highest BCUT2D eigenvalue weighted by Crippen LogP contribution is 2.25. The van der Waals surface area contributed by atoms with Gasteiger partial charge in [0.1, 0.15) is 5.75 Å². The molecule has 2 rings (SSSR count). The quantitative estimate of drug-likeness (QED) is 0.426. The molecule has 0 saturated heterocycles. The number of aryl methyl sites for hydroxylation is 1. The molecule has 0 unspecified atom stereocenters. The Morgan fingerprint density at radius 1 is 1.07 bits per heavy atom. The Morgan fingerprint density at radius 3 is 2.39 bits per heavy atom. The summed E-state index contributed by atoms with van der Waals surface area (Å²) in [6.07, 6.45) is 4.54. The van der Waals surface area contributed by atoms with E-state index < -0.39 is 0 Å². The molecule has 0 atom stereocenters. The Morgan fingerprint density at radius 2 is 1.79 bits per heavy atom. The van der Waals surface area contributed by atoms with Crippen LogP contribution in [0.2, 0.25) is 0 Å². The monoisotopic (exact) mass is 445 g/mol. The van der Waals surface area contributed by atoms with Crippen LogP contribution >= 0.6 is 15.9 Å². The van der Waals surface area contributed by atoms with Gasteiger partial charge in [-0.15, -0.1) is 0 Å². The van der Waals surface area contributed by atoms with E-state index in [4.69, 9.17) is 4.74 Å². The van der Waals surface area contributed by atoms with Crippen molar-refractivity contribution in [3.63, 3.8) is 0 Å². The lowest BCUT2D eigenvalue weighted by Crippen LogP contribution is -2.13. The molecule has 1 N–H and O–H groups in total. The average Bonchev–Trinajstić information content (AvgIpc) is 2.65. The fraction of sp³-hybridized carbons (Fsp3) is 0.458. The lowest BCUT2D eigenvalue weighted by atomic mass is 9.87. The molecule has 28 heavy (non-hydrogen) atoms. The second kappa shape index (κ2) is 10.7. The summed E-state index contributed by atoms with van der Waals surface area (Å²) in [6, 6.07) is 14.3. The number of anilines is 1. The molecule has 2 aromatic carbocycles. The van der Waals surface area contributed by atoms with E-state index in [0.29, 0.717) is 19.4 Å². The first kappa shape index (κ1) is 22.5. The van der Waals surface area contributed by atoms with Crippen molar-refractivity contribution in [3.05, 3.63) is 58.1 Å². The molecule has 0 heterocycles. The fourth-order valence-corrected chi connectivity index (χ4v) is 3.41. The Balaban J connectivity index is 1.74. The van der Waals surface area contributed by atoms with E-state index in [-0.39, 0.29) is 11.3 Å². The molecule has 1 amide bonds. The lowest BCUT2D eigenvalue weighted by molar-refractivity contribution is -0.116. The van der Waals surface area contributed by atoms with Crippen molar-refractivity contribution < 1.29 is 9.53 Å². The zero-order valence-electron chi connectivity index (χ0n) is 17.5. The van der Waals surface area contributed by atoms with Crippen LogP contribution in [0.25, 0.3) is 0 Å². The van der Waals surface area contributed by atoms with Crippen molar-refractivity contribution >= 4 is 27.5 Å². The summed E-state index contributed by atoms with van der Waals surface area (Å²) in [5.74, 6) is 0.854. The molecule has 0 spiro atoms. The van der Waals surface area contributed by atoms with Gasteiger partial charge < -0.3 is 10.1 Å². The van der Waals surface area contributed by atoms with E-state index in [1.807, 2.05) is 18.2 Å². The predicted octanol–water partition coefficient (Wildman–Crippen LogP) is 6.89. The van der Waals surface area contributed by atoms with Gasteiger partial charge in [0.05, 0.1) is 12.3 Å². The first-order valence-corrected chi connectivity index (χ1v) is 10.9. The molecule has 152 valence electrons. The van der Waals surface area contributed by atoms with Crippen molar-refractivity contribution in [2.75, 3.05) is 11.9 Å². The number of nitrogens with one attached hydrogen (secondary N) is 1. The highest BCUT2D eigenvalue weighted by Gasteiger charge is 2.13. The van der Waals surface area contributed by atoms with Crippen molar-refractivity contribution in [2.24, 2.45) is 0 Å². The molecule has 2 aromatic rings. The van der Waals surface area contributed by atoms with Crippen LogP contribution in [0.15, 0.2) is 46.9 Å². The number of hydrogen-bond donors (Lipinski definition) is 1. The Kier molecular flexibility index (Phi) is 8.56. The normalized spacial score (nSPS) is 11.3. The zero-order valence-corrected chi connectivity index (χ0v) is 19.1. The minimum atomic E-state index is 0.00805. The van der Waals surface area contributed by atoms with Crippen molar-refractivity contribution in [1.29, 1.82) is 0 Å². The number of ether oxygens (including phenoxy) is 1. The van der Waals surface area contributed by atoms with Crippen LogP contribution in [-0.4, -0.2) is 12.5 Å². The largest absolute Gasteiger partial charge is 0.494 e. The SMILES string of the molecule is CCCCc1ccc(NC(=O)CCCOc2ccc(C(C)(C)C)cc2)c(Br)c1. The van der Waals surface area contributed by atoms with E-state index in [2.05, 4.69) is 73.2 Å². The Hall–Kier alpha value is -1.81.